The van der Waals surface area contributed by atoms with Crippen LogP contribution in [-0.4, -0.2) is 130 Å². The molecule has 4 aliphatic rings. The van der Waals surface area contributed by atoms with E-state index in [9.17, 15) is 24.0 Å². The minimum Gasteiger partial charge on any atom is -0.378 e. The highest BCUT2D eigenvalue weighted by Gasteiger charge is 2.45. The molecule has 3 fully saturated rings. The van der Waals surface area contributed by atoms with Crippen molar-refractivity contribution >= 4 is 62.8 Å². The SMILES string of the molecule is Cc1nn(CCOCCN2CCN(c3cc4c(cc3F)C(=O)N(C3CCC(=O)NC3=O)C4=O)CC2)c2cc(C(=O)Nc3cc4[nH]c([C@H]5CCCN5C)cc4cn3)ccc12. The van der Waals surface area contributed by atoms with E-state index < -0.39 is 35.5 Å². The van der Waals surface area contributed by atoms with Crippen molar-refractivity contribution in [3.63, 3.8) is 0 Å². The number of hydrogen-bond donors (Lipinski definition) is 3. The molecule has 0 saturated carbocycles. The first-order chi connectivity index (χ1) is 28.5. The molecule has 17 heteroatoms. The summed E-state index contributed by atoms with van der Waals surface area (Å²) >= 11 is 0. The summed E-state index contributed by atoms with van der Waals surface area (Å²) in [7, 11) is 2.14. The Morgan fingerprint density at radius 1 is 0.932 bits per heavy atom. The lowest BCUT2D eigenvalue weighted by Crippen LogP contribution is -2.54. The van der Waals surface area contributed by atoms with Crippen molar-refractivity contribution in [2.45, 2.75) is 51.2 Å². The number of benzene rings is 2. The summed E-state index contributed by atoms with van der Waals surface area (Å²) in [6.45, 7) is 7.33. The van der Waals surface area contributed by atoms with Crippen LogP contribution < -0.4 is 15.5 Å². The van der Waals surface area contributed by atoms with E-state index in [4.69, 9.17) is 9.84 Å². The minimum absolute atomic E-state index is 0.00806. The number of nitrogens with one attached hydrogen (secondary N) is 3. The van der Waals surface area contributed by atoms with Crippen LogP contribution in [0.1, 0.15) is 74.2 Å². The Bertz CT molecular complexity index is 2530. The van der Waals surface area contributed by atoms with Gasteiger partial charge in [0.25, 0.3) is 17.7 Å². The summed E-state index contributed by atoms with van der Waals surface area (Å²) < 4.78 is 23.3. The quantitative estimate of drug-likeness (QED) is 0.131. The number of aromatic nitrogens is 4. The second kappa shape index (κ2) is 15.6. The monoisotopic (exact) mass is 804 g/mol. The van der Waals surface area contributed by atoms with E-state index in [1.807, 2.05) is 34.7 Å². The maximum absolute atomic E-state index is 15.4. The van der Waals surface area contributed by atoms with E-state index in [1.165, 1.54) is 12.5 Å². The van der Waals surface area contributed by atoms with Crippen molar-refractivity contribution in [1.29, 1.82) is 0 Å². The van der Waals surface area contributed by atoms with E-state index in [1.54, 1.807) is 12.3 Å². The van der Waals surface area contributed by atoms with Crippen molar-refractivity contribution < 1.29 is 33.1 Å². The Kier molecular flexibility index (Phi) is 10.2. The lowest BCUT2D eigenvalue weighted by atomic mass is 10.0. The second-order valence-electron chi connectivity index (χ2n) is 15.8. The van der Waals surface area contributed by atoms with Crippen molar-refractivity contribution in [1.82, 2.24) is 39.8 Å². The number of piperidine rings is 1. The van der Waals surface area contributed by atoms with Crippen LogP contribution >= 0.6 is 0 Å². The maximum atomic E-state index is 15.4. The van der Waals surface area contributed by atoms with Gasteiger partial charge in [-0.05, 0) is 70.1 Å². The normalized spacial score (nSPS) is 20.3. The van der Waals surface area contributed by atoms with Crippen LogP contribution in [0.5, 0.6) is 0 Å². The maximum Gasteiger partial charge on any atom is 0.262 e. The van der Waals surface area contributed by atoms with Gasteiger partial charge in [-0.3, -0.25) is 48.7 Å². The van der Waals surface area contributed by atoms with Crippen LogP contribution in [0.3, 0.4) is 0 Å². The predicted molar refractivity (Wildman–Crippen MR) is 216 cm³/mol. The topological polar surface area (TPSA) is 178 Å². The highest BCUT2D eigenvalue weighted by atomic mass is 19.1. The number of aromatic amines is 1. The van der Waals surface area contributed by atoms with Gasteiger partial charge < -0.3 is 19.9 Å². The average molecular weight is 805 g/mol. The Morgan fingerprint density at radius 3 is 2.47 bits per heavy atom. The van der Waals surface area contributed by atoms with Gasteiger partial charge in [-0.25, -0.2) is 9.37 Å². The molecule has 5 aromatic rings. The molecule has 9 rings (SSSR count). The molecule has 3 aromatic heterocycles. The smallest absolute Gasteiger partial charge is 0.262 e. The summed E-state index contributed by atoms with van der Waals surface area (Å²) in [5, 5.41) is 11.8. The number of ether oxygens (including phenoxy) is 1. The van der Waals surface area contributed by atoms with Crippen molar-refractivity contribution in [3.05, 3.63) is 82.6 Å². The molecule has 1 unspecified atom stereocenters. The van der Waals surface area contributed by atoms with Gasteiger partial charge in [0, 0.05) is 79.5 Å². The molecule has 0 spiro atoms. The fourth-order valence-corrected chi connectivity index (χ4v) is 8.82. The molecule has 2 atom stereocenters. The minimum atomic E-state index is -1.11. The Balaban J connectivity index is 0.760. The van der Waals surface area contributed by atoms with Gasteiger partial charge in [-0.2, -0.15) is 5.10 Å². The number of hydrogen-bond acceptors (Lipinski definition) is 11. The molecule has 2 aromatic carbocycles. The molecule has 16 nitrogen and oxygen atoms in total. The number of amides is 5. The Morgan fingerprint density at radius 2 is 1.71 bits per heavy atom. The fraction of sp³-hybridized carbons (Fsp3) is 0.405. The molecule has 59 heavy (non-hydrogen) atoms. The first-order valence-corrected chi connectivity index (χ1v) is 20.1. The molecule has 4 aliphatic heterocycles. The summed E-state index contributed by atoms with van der Waals surface area (Å²) in [6, 6.07) is 11.3. The molecule has 3 N–H and O–H groups in total. The summed E-state index contributed by atoms with van der Waals surface area (Å²) in [5.41, 5.74) is 4.48. The highest BCUT2D eigenvalue weighted by molar-refractivity contribution is 6.23. The van der Waals surface area contributed by atoms with Crippen LogP contribution in [0.15, 0.2) is 48.7 Å². The van der Waals surface area contributed by atoms with Crippen LogP contribution in [0.4, 0.5) is 15.9 Å². The number of imide groups is 2. The molecule has 306 valence electrons. The highest BCUT2D eigenvalue weighted by Crippen LogP contribution is 2.34. The van der Waals surface area contributed by atoms with Gasteiger partial charge in [0.15, 0.2) is 0 Å². The standard InChI is InChI=1S/C42H45FN10O6/c1-24-27-6-5-25(39(55)46-37-22-31-26(23-44-37)18-32(45-31)33-4-3-9-49(33)2)19-35(27)52(48-24)15-17-59-16-14-50-10-12-51(13-11-50)36-21-29-28(20-30(36)43)41(57)53(42(29)58)34-7-8-38(54)47-40(34)56/h5-6,18-23,33-34,45H,3-4,7-17H2,1-2H3,(H,44,46,55)(H,47,54,56)/t33-,34?/m1/s1. The Hall–Kier alpha value is -6.04. The lowest BCUT2D eigenvalue weighted by molar-refractivity contribution is -0.136. The number of H-pyrrole nitrogens is 1. The molecule has 0 bridgehead atoms. The molecule has 5 amide bonds. The molecule has 0 radical (unpaired) electrons. The number of piperazine rings is 1. The zero-order valence-electron chi connectivity index (χ0n) is 32.9. The lowest BCUT2D eigenvalue weighted by Gasteiger charge is -2.36. The predicted octanol–water partition coefficient (Wildman–Crippen LogP) is 3.62. The van der Waals surface area contributed by atoms with Crippen LogP contribution in [0.2, 0.25) is 0 Å². The van der Waals surface area contributed by atoms with Crippen molar-refractivity contribution in [2.75, 3.05) is 69.7 Å². The van der Waals surface area contributed by atoms with Crippen LogP contribution in [0, 0.1) is 12.7 Å². The second-order valence-corrected chi connectivity index (χ2v) is 15.8. The third-order valence-electron chi connectivity index (χ3n) is 12.1. The first-order valence-electron chi connectivity index (χ1n) is 20.1. The number of carbonyl (C=O) groups excluding carboxylic acids is 5. The molecule has 7 heterocycles. The van der Waals surface area contributed by atoms with E-state index in [-0.39, 0.29) is 35.6 Å². The van der Waals surface area contributed by atoms with Gasteiger partial charge in [-0.1, -0.05) is 6.07 Å². The number of anilines is 2. The number of aryl methyl sites for hydroxylation is 1. The number of fused-ring (bicyclic) bond motifs is 3. The molecule has 0 aliphatic carbocycles. The van der Waals surface area contributed by atoms with Crippen molar-refractivity contribution in [2.24, 2.45) is 0 Å². The number of halogens is 1. The van der Waals surface area contributed by atoms with E-state index in [0.717, 1.165) is 57.1 Å². The number of carbonyl (C=O) groups is 5. The largest absolute Gasteiger partial charge is 0.378 e. The number of nitrogens with zero attached hydrogens (tertiary/aromatic N) is 7. The van der Waals surface area contributed by atoms with Gasteiger partial charge in [-0.15, -0.1) is 0 Å². The third-order valence-corrected chi connectivity index (χ3v) is 12.1. The van der Waals surface area contributed by atoms with Crippen LogP contribution in [0.25, 0.3) is 21.8 Å². The summed E-state index contributed by atoms with van der Waals surface area (Å²) in [6.07, 6.45) is 4.11. The average Bonchev–Trinajstić information content (AvgIpc) is 3.98. The third kappa shape index (κ3) is 7.34. The number of pyridine rings is 1. The van der Waals surface area contributed by atoms with E-state index in [0.29, 0.717) is 69.9 Å². The summed E-state index contributed by atoms with van der Waals surface area (Å²) in [5.74, 6) is -2.98. The zero-order chi connectivity index (χ0) is 40.9. The molecular formula is C42H45FN10O6. The Labute approximate surface area is 338 Å². The van der Waals surface area contributed by atoms with E-state index >= 15 is 4.39 Å². The van der Waals surface area contributed by atoms with Gasteiger partial charge >= 0.3 is 0 Å². The van der Waals surface area contributed by atoms with Gasteiger partial charge in [0.05, 0.1) is 53.3 Å². The molecular weight excluding hydrogens is 760 g/mol. The zero-order valence-corrected chi connectivity index (χ0v) is 32.9. The summed E-state index contributed by atoms with van der Waals surface area (Å²) in [4.78, 5) is 79.1. The fourth-order valence-electron chi connectivity index (χ4n) is 8.82. The van der Waals surface area contributed by atoms with Gasteiger partial charge in [0.2, 0.25) is 11.8 Å². The molecule has 3 saturated heterocycles. The van der Waals surface area contributed by atoms with Crippen LogP contribution in [-0.2, 0) is 20.9 Å². The van der Waals surface area contributed by atoms with Gasteiger partial charge in [0.1, 0.15) is 17.7 Å². The van der Waals surface area contributed by atoms with E-state index in [2.05, 4.69) is 43.5 Å². The first kappa shape index (κ1) is 38.5. The number of likely N-dealkylation sites (tertiary alicyclic amines) is 1. The van der Waals surface area contributed by atoms with Crippen molar-refractivity contribution in [3.8, 4) is 0 Å². The number of rotatable bonds is 11.